The second kappa shape index (κ2) is 7.32. The van der Waals surface area contributed by atoms with Crippen LogP contribution in [0.2, 0.25) is 0 Å². The molecular weight excluding hydrogens is 234 g/mol. The Morgan fingerprint density at radius 3 is 2.58 bits per heavy atom. The molecule has 19 heavy (non-hydrogen) atoms. The van der Waals surface area contributed by atoms with Crippen molar-refractivity contribution in [2.24, 2.45) is 11.8 Å². The zero-order chi connectivity index (χ0) is 14.4. The first-order valence-electron chi connectivity index (χ1n) is 7.18. The summed E-state index contributed by atoms with van der Waals surface area (Å²) in [6, 6.07) is 0. The van der Waals surface area contributed by atoms with E-state index in [0.29, 0.717) is 23.3 Å². The highest BCUT2D eigenvalue weighted by Gasteiger charge is 2.21. The van der Waals surface area contributed by atoms with Crippen LogP contribution in [0.1, 0.15) is 46.5 Å². The van der Waals surface area contributed by atoms with Crippen LogP contribution in [-0.2, 0) is 4.74 Å². The summed E-state index contributed by atoms with van der Waals surface area (Å²) in [6.07, 6.45) is 8.61. The molecule has 1 aliphatic carbocycles. The lowest BCUT2D eigenvalue weighted by Crippen LogP contribution is -2.16. The van der Waals surface area contributed by atoms with Gasteiger partial charge in [0.1, 0.15) is 5.76 Å². The highest BCUT2D eigenvalue weighted by Crippen LogP contribution is 2.31. The molecular formula is C17H27NO. The van der Waals surface area contributed by atoms with Gasteiger partial charge in [-0.3, -0.25) is 5.41 Å². The van der Waals surface area contributed by atoms with E-state index in [2.05, 4.69) is 39.5 Å². The smallest absolute Gasteiger partial charge is 0.136 e. The van der Waals surface area contributed by atoms with E-state index in [1.807, 2.05) is 0 Å². The van der Waals surface area contributed by atoms with Crippen molar-refractivity contribution in [3.63, 3.8) is 0 Å². The molecule has 0 amide bonds. The van der Waals surface area contributed by atoms with Gasteiger partial charge in [0.15, 0.2) is 0 Å². The van der Waals surface area contributed by atoms with E-state index in [-0.39, 0.29) is 0 Å². The number of hydrogen-bond acceptors (Lipinski definition) is 2. The van der Waals surface area contributed by atoms with Gasteiger partial charge in [-0.25, -0.2) is 0 Å². The average Bonchev–Trinajstić information content (AvgIpc) is 2.36. The molecule has 2 heteroatoms. The van der Waals surface area contributed by atoms with Gasteiger partial charge in [-0.05, 0) is 43.1 Å². The molecule has 0 aromatic carbocycles. The minimum absolute atomic E-state index is 0.480. The molecule has 1 atom stereocenters. The third-order valence-corrected chi connectivity index (χ3v) is 4.07. The molecule has 0 aromatic heterocycles. The highest BCUT2D eigenvalue weighted by atomic mass is 16.5. The molecule has 1 rings (SSSR count). The zero-order valence-corrected chi connectivity index (χ0v) is 12.8. The number of rotatable bonds is 5. The molecule has 0 aromatic rings. The predicted molar refractivity (Wildman–Crippen MR) is 82.5 cm³/mol. The fraction of sp³-hybridized carbons (Fsp3) is 0.588. The Morgan fingerprint density at radius 1 is 1.32 bits per heavy atom. The number of nitrogens with one attached hydrogen (secondary N) is 1. The molecule has 0 radical (unpaired) electrons. The van der Waals surface area contributed by atoms with Gasteiger partial charge in [0.05, 0.1) is 12.8 Å². The first-order chi connectivity index (χ1) is 8.99. The third-order valence-electron chi connectivity index (χ3n) is 4.07. The first kappa shape index (κ1) is 15.7. The van der Waals surface area contributed by atoms with Gasteiger partial charge in [-0.2, -0.15) is 0 Å². The van der Waals surface area contributed by atoms with Gasteiger partial charge in [0.2, 0.25) is 0 Å². The summed E-state index contributed by atoms with van der Waals surface area (Å²) in [5.74, 6) is 1.55. The second-order valence-electron chi connectivity index (χ2n) is 5.61. The Morgan fingerprint density at radius 2 is 2.00 bits per heavy atom. The van der Waals surface area contributed by atoms with Crippen LogP contribution in [0.3, 0.4) is 0 Å². The molecule has 1 N–H and O–H groups in total. The minimum atomic E-state index is 0.480. The molecule has 1 unspecified atom stereocenters. The number of allylic oxidation sites excluding steroid dienone is 4. The standard InChI is InChI=1S/C17H27NO/c1-12(2)13(3)15-10-8-6-7-9-11-16(15)17(18)14(4)19-5/h6,8,12-13,18H,4,7,9-11H2,1-3,5H3. The van der Waals surface area contributed by atoms with Crippen LogP contribution in [0, 0.1) is 17.2 Å². The third kappa shape index (κ3) is 4.09. The summed E-state index contributed by atoms with van der Waals surface area (Å²) in [5.41, 5.74) is 3.02. The molecule has 0 saturated heterocycles. The second-order valence-corrected chi connectivity index (χ2v) is 5.61. The van der Waals surface area contributed by atoms with E-state index < -0.39 is 0 Å². The lowest BCUT2D eigenvalue weighted by molar-refractivity contribution is 0.316. The first-order valence-corrected chi connectivity index (χ1v) is 7.18. The summed E-state index contributed by atoms with van der Waals surface area (Å²) < 4.78 is 5.15. The molecule has 0 fully saturated rings. The summed E-state index contributed by atoms with van der Waals surface area (Å²) in [7, 11) is 1.59. The Bertz CT molecular complexity index is 401. The topological polar surface area (TPSA) is 33.1 Å². The van der Waals surface area contributed by atoms with Crippen molar-refractivity contribution in [3.05, 3.63) is 35.6 Å². The van der Waals surface area contributed by atoms with E-state index in [9.17, 15) is 0 Å². The number of methoxy groups -OCH3 is 1. The van der Waals surface area contributed by atoms with Crippen LogP contribution in [0.25, 0.3) is 0 Å². The SMILES string of the molecule is C=C(OC)C(=N)C1=C(C(C)C(C)C)CC=CCCC1. The molecule has 1 aliphatic rings. The van der Waals surface area contributed by atoms with Crippen LogP contribution in [0.4, 0.5) is 0 Å². The normalized spacial score (nSPS) is 17.9. The molecule has 2 nitrogen and oxygen atoms in total. The van der Waals surface area contributed by atoms with E-state index >= 15 is 0 Å². The molecule has 0 bridgehead atoms. The van der Waals surface area contributed by atoms with Gasteiger partial charge in [-0.1, -0.05) is 45.1 Å². The van der Waals surface area contributed by atoms with Crippen LogP contribution < -0.4 is 0 Å². The Kier molecular flexibility index (Phi) is 6.07. The Labute approximate surface area is 117 Å². The van der Waals surface area contributed by atoms with Gasteiger partial charge in [-0.15, -0.1) is 0 Å². The van der Waals surface area contributed by atoms with Crippen LogP contribution in [-0.4, -0.2) is 12.8 Å². The number of hydrogen-bond donors (Lipinski definition) is 1. The van der Waals surface area contributed by atoms with E-state index in [1.54, 1.807) is 7.11 Å². The Balaban J connectivity index is 3.17. The van der Waals surface area contributed by atoms with Gasteiger partial charge >= 0.3 is 0 Å². The quantitative estimate of drug-likeness (QED) is 0.427. The lowest BCUT2D eigenvalue weighted by Gasteiger charge is -2.25. The highest BCUT2D eigenvalue weighted by molar-refractivity contribution is 6.09. The molecule has 0 spiro atoms. The monoisotopic (exact) mass is 261 g/mol. The van der Waals surface area contributed by atoms with E-state index in [4.69, 9.17) is 10.1 Å². The molecule has 0 heterocycles. The number of ether oxygens (including phenoxy) is 1. The molecule has 0 saturated carbocycles. The van der Waals surface area contributed by atoms with Crippen LogP contribution in [0.15, 0.2) is 35.6 Å². The molecule has 106 valence electrons. The van der Waals surface area contributed by atoms with Gasteiger partial charge in [0.25, 0.3) is 0 Å². The fourth-order valence-corrected chi connectivity index (χ4v) is 2.43. The maximum absolute atomic E-state index is 8.32. The summed E-state index contributed by atoms with van der Waals surface area (Å²) in [4.78, 5) is 0. The minimum Gasteiger partial charge on any atom is -0.495 e. The fourth-order valence-electron chi connectivity index (χ4n) is 2.43. The maximum Gasteiger partial charge on any atom is 0.136 e. The lowest BCUT2D eigenvalue weighted by atomic mass is 9.81. The van der Waals surface area contributed by atoms with Crippen LogP contribution >= 0.6 is 0 Å². The maximum atomic E-state index is 8.32. The van der Waals surface area contributed by atoms with Crippen molar-refractivity contribution in [1.29, 1.82) is 5.41 Å². The zero-order valence-electron chi connectivity index (χ0n) is 12.8. The van der Waals surface area contributed by atoms with Gasteiger partial charge in [0, 0.05) is 0 Å². The van der Waals surface area contributed by atoms with Crippen molar-refractivity contribution < 1.29 is 4.74 Å². The van der Waals surface area contributed by atoms with Gasteiger partial charge < -0.3 is 4.74 Å². The van der Waals surface area contributed by atoms with Crippen LogP contribution in [0.5, 0.6) is 0 Å². The van der Waals surface area contributed by atoms with Crippen molar-refractivity contribution in [2.45, 2.75) is 46.5 Å². The summed E-state index contributed by atoms with van der Waals surface area (Å²) in [5, 5.41) is 8.32. The van der Waals surface area contributed by atoms with Crippen molar-refractivity contribution in [3.8, 4) is 0 Å². The van der Waals surface area contributed by atoms with Crippen molar-refractivity contribution in [1.82, 2.24) is 0 Å². The summed E-state index contributed by atoms with van der Waals surface area (Å²) >= 11 is 0. The average molecular weight is 261 g/mol. The predicted octanol–water partition coefficient (Wildman–Crippen LogP) is 4.89. The Hall–Kier alpha value is -1.31. The van der Waals surface area contributed by atoms with Crippen molar-refractivity contribution in [2.75, 3.05) is 7.11 Å². The summed E-state index contributed by atoms with van der Waals surface area (Å²) in [6.45, 7) is 10.6. The molecule has 0 aliphatic heterocycles. The van der Waals surface area contributed by atoms with E-state index in [1.165, 1.54) is 5.57 Å². The van der Waals surface area contributed by atoms with E-state index in [0.717, 1.165) is 31.3 Å². The van der Waals surface area contributed by atoms with Crippen molar-refractivity contribution >= 4 is 5.71 Å². The largest absolute Gasteiger partial charge is 0.495 e.